The van der Waals surface area contributed by atoms with Crippen LogP contribution in [0.2, 0.25) is 0 Å². The molecule has 1 atom stereocenters. The van der Waals surface area contributed by atoms with Gasteiger partial charge in [-0.2, -0.15) is 0 Å². The van der Waals surface area contributed by atoms with Crippen LogP contribution in [0.3, 0.4) is 0 Å². The number of hydrogen-bond acceptors (Lipinski definition) is 1. The summed E-state index contributed by atoms with van der Waals surface area (Å²) in [7, 11) is 0. The summed E-state index contributed by atoms with van der Waals surface area (Å²) in [5.41, 5.74) is 3.44. The Morgan fingerprint density at radius 2 is 1.76 bits per heavy atom. The van der Waals surface area contributed by atoms with E-state index in [-0.39, 0.29) is 11.9 Å². The van der Waals surface area contributed by atoms with Crippen LogP contribution >= 0.6 is 0 Å². The lowest BCUT2D eigenvalue weighted by atomic mass is 10.1. The quantitative estimate of drug-likeness (QED) is 0.819. The molecule has 0 spiro atoms. The van der Waals surface area contributed by atoms with Gasteiger partial charge in [0.1, 0.15) is 0 Å². The molecule has 2 aromatic rings. The molecule has 0 radical (unpaired) electrons. The largest absolute Gasteiger partial charge is 0.346 e. The first-order valence-electron chi connectivity index (χ1n) is 7.31. The highest BCUT2D eigenvalue weighted by atomic mass is 16.1. The Labute approximate surface area is 126 Å². The Hall–Kier alpha value is -2.35. The molecule has 0 aromatic heterocycles. The lowest BCUT2D eigenvalue weighted by Crippen LogP contribution is -2.24. The maximum Gasteiger partial charge on any atom is 0.244 e. The zero-order chi connectivity index (χ0) is 15.1. The van der Waals surface area contributed by atoms with E-state index in [1.54, 1.807) is 6.08 Å². The molecule has 0 bridgehead atoms. The van der Waals surface area contributed by atoms with Gasteiger partial charge in [-0.05, 0) is 36.1 Å². The Morgan fingerprint density at radius 3 is 2.38 bits per heavy atom. The van der Waals surface area contributed by atoms with Crippen molar-refractivity contribution in [1.29, 1.82) is 0 Å². The van der Waals surface area contributed by atoms with E-state index in [1.165, 1.54) is 5.56 Å². The maximum absolute atomic E-state index is 11.9. The molecular weight excluding hydrogens is 258 g/mol. The molecule has 0 saturated heterocycles. The van der Waals surface area contributed by atoms with E-state index >= 15 is 0 Å². The minimum absolute atomic E-state index is 0.00539. The number of nitrogens with one attached hydrogen (secondary N) is 1. The fourth-order valence-corrected chi connectivity index (χ4v) is 2.12. The van der Waals surface area contributed by atoms with Gasteiger partial charge in [0.2, 0.25) is 5.91 Å². The van der Waals surface area contributed by atoms with Crippen molar-refractivity contribution in [3.63, 3.8) is 0 Å². The van der Waals surface area contributed by atoms with Crippen molar-refractivity contribution in [3.05, 3.63) is 77.4 Å². The van der Waals surface area contributed by atoms with Crippen LogP contribution in [-0.4, -0.2) is 5.91 Å². The van der Waals surface area contributed by atoms with Crippen molar-refractivity contribution in [2.45, 2.75) is 26.3 Å². The highest BCUT2D eigenvalue weighted by molar-refractivity contribution is 5.91. The van der Waals surface area contributed by atoms with Gasteiger partial charge in [0.25, 0.3) is 0 Å². The lowest BCUT2D eigenvalue weighted by Gasteiger charge is -2.12. The number of aryl methyl sites for hydroxylation is 1. The van der Waals surface area contributed by atoms with Crippen LogP contribution in [0.25, 0.3) is 6.08 Å². The van der Waals surface area contributed by atoms with Gasteiger partial charge >= 0.3 is 0 Å². The molecule has 0 unspecified atom stereocenters. The SMILES string of the molecule is CCc1ccc(/C=C/C(=O)N[C@H](C)c2ccccc2)cc1. The van der Waals surface area contributed by atoms with Crippen LogP contribution in [0.4, 0.5) is 0 Å². The van der Waals surface area contributed by atoms with E-state index < -0.39 is 0 Å². The minimum atomic E-state index is -0.0779. The predicted molar refractivity (Wildman–Crippen MR) is 87.9 cm³/mol. The molecule has 1 N–H and O–H groups in total. The number of carbonyl (C=O) groups is 1. The molecule has 2 rings (SSSR count). The predicted octanol–water partition coefficient (Wildman–Crippen LogP) is 4.14. The summed E-state index contributed by atoms with van der Waals surface area (Å²) in [6.45, 7) is 4.11. The monoisotopic (exact) mass is 279 g/mol. The Morgan fingerprint density at radius 1 is 1.10 bits per heavy atom. The number of rotatable bonds is 5. The van der Waals surface area contributed by atoms with Crippen molar-refractivity contribution >= 4 is 12.0 Å². The molecule has 0 aliphatic rings. The normalized spacial score (nSPS) is 12.3. The third-order valence-electron chi connectivity index (χ3n) is 3.47. The summed E-state index contributed by atoms with van der Waals surface area (Å²) in [6, 6.07) is 18.2. The number of amides is 1. The average molecular weight is 279 g/mol. The first-order chi connectivity index (χ1) is 10.2. The first-order valence-corrected chi connectivity index (χ1v) is 7.31. The first kappa shape index (κ1) is 15.0. The lowest BCUT2D eigenvalue weighted by molar-refractivity contribution is -0.117. The summed E-state index contributed by atoms with van der Waals surface area (Å²) in [4.78, 5) is 11.9. The van der Waals surface area contributed by atoms with E-state index in [9.17, 15) is 4.79 Å². The standard InChI is InChI=1S/C19H21NO/c1-3-16-9-11-17(12-10-16)13-14-19(21)20-15(2)18-7-5-4-6-8-18/h4-15H,3H2,1-2H3,(H,20,21)/b14-13+/t15-/m1/s1. The van der Waals surface area contributed by atoms with Gasteiger partial charge in [-0.3, -0.25) is 4.79 Å². The molecule has 2 nitrogen and oxygen atoms in total. The molecule has 0 saturated carbocycles. The van der Waals surface area contributed by atoms with Crippen LogP contribution in [0.1, 0.15) is 36.6 Å². The highest BCUT2D eigenvalue weighted by Gasteiger charge is 2.06. The summed E-state index contributed by atoms with van der Waals surface area (Å²) in [5, 5.41) is 2.96. The fourth-order valence-electron chi connectivity index (χ4n) is 2.12. The van der Waals surface area contributed by atoms with Gasteiger partial charge in [0.05, 0.1) is 6.04 Å². The van der Waals surface area contributed by atoms with Crippen LogP contribution in [0.5, 0.6) is 0 Å². The third kappa shape index (κ3) is 4.60. The molecule has 108 valence electrons. The van der Waals surface area contributed by atoms with Crippen LogP contribution < -0.4 is 5.32 Å². The molecule has 0 fully saturated rings. The van der Waals surface area contributed by atoms with E-state index in [0.717, 1.165) is 17.5 Å². The van der Waals surface area contributed by atoms with Crippen molar-refractivity contribution in [1.82, 2.24) is 5.32 Å². The second-order valence-corrected chi connectivity index (χ2v) is 5.07. The summed E-state index contributed by atoms with van der Waals surface area (Å²) in [6.07, 6.45) is 4.45. The van der Waals surface area contributed by atoms with Gasteiger partial charge in [0, 0.05) is 6.08 Å². The van der Waals surface area contributed by atoms with E-state index in [4.69, 9.17) is 0 Å². The van der Waals surface area contributed by atoms with Gasteiger partial charge in [-0.25, -0.2) is 0 Å². The number of hydrogen-bond donors (Lipinski definition) is 1. The molecule has 0 aliphatic carbocycles. The van der Waals surface area contributed by atoms with Crippen molar-refractivity contribution in [3.8, 4) is 0 Å². The molecule has 0 heterocycles. The zero-order valence-corrected chi connectivity index (χ0v) is 12.5. The fraction of sp³-hybridized carbons (Fsp3) is 0.211. The van der Waals surface area contributed by atoms with Crippen molar-refractivity contribution < 1.29 is 4.79 Å². The van der Waals surface area contributed by atoms with Crippen LogP contribution in [0.15, 0.2) is 60.7 Å². The Bertz CT molecular complexity index is 599. The molecule has 21 heavy (non-hydrogen) atoms. The van der Waals surface area contributed by atoms with E-state index in [2.05, 4.69) is 24.4 Å². The van der Waals surface area contributed by atoms with Crippen molar-refractivity contribution in [2.24, 2.45) is 0 Å². The maximum atomic E-state index is 11.9. The Balaban J connectivity index is 1.93. The number of benzene rings is 2. The summed E-state index contributed by atoms with van der Waals surface area (Å²) >= 11 is 0. The molecular formula is C19H21NO. The number of carbonyl (C=O) groups excluding carboxylic acids is 1. The summed E-state index contributed by atoms with van der Waals surface area (Å²) < 4.78 is 0. The van der Waals surface area contributed by atoms with E-state index in [0.29, 0.717) is 0 Å². The van der Waals surface area contributed by atoms with E-state index in [1.807, 2.05) is 55.5 Å². The average Bonchev–Trinajstić information content (AvgIpc) is 2.54. The van der Waals surface area contributed by atoms with Gasteiger partial charge in [-0.15, -0.1) is 0 Å². The molecule has 0 aliphatic heterocycles. The second kappa shape index (κ2) is 7.44. The van der Waals surface area contributed by atoms with Gasteiger partial charge in [-0.1, -0.05) is 61.5 Å². The zero-order valence-electron chi connectivity index (χ0n) is 12.5. The topological polar surface area (TPSA) is 29.1 Å². The van der Waals surface area contributed by atoms with Crippen LogP contribution in [0, 0.1) is 0 Å². The molecule has 2 aromatic carbocycles. The van der Waals surface area contributed by atoms with Crippen molar-refractivity contribution in [2.75, 3.05) is 0 Å². The second-order valence-electron chi connectivity index (χ2n) is 5.07. The smallest absolute Gasteiger partial charge is 0.244 e. The Kier molecular flexibility index (Phi) is 5.33. The molecule has 1 amide bonds. The summed E-state index contributed by atoms with van der Waals surface area (Å²) in [5.74, 6) is -0.0779. The van der Waals surface area contributed by atoms with Gasteiger partial charge < -0.3 is 5.32 Å². The highest BCUT2D eigenvalue weighted by Crippen LogP contribution is 2.11. The molecule has 2 heteroatoms. The third-order valence-corrected chi connectivity index (χ3v) is 3.47. The van der Waals surface area contributed by atoms with Gasteiger partial charge in [0.15, 0.2) is 0 Å². The minimum Gasteiger partial charge on any atom is -0.346 e. The van der Waals surface area contributed by atoms with Crippen LogP contribution in [-0.2, 0) is 11.2 Å².